The van der Waals surface area contributed by atoms with Gasteiger partial charge in [0, 0.05) is 24.7 Å². The molecule has 222 valence electrons. The topological polar surface area (TPSA) is 127 Å². The number of hydrogen-bond acceptors (Lipinski definition) is 7. The van der Waals surface area contributed by atoms with Crippen LogP contribution in [0, 0.1) is 24.2 Å². The van der Waals surface area contributed by atoms with Crippen LogP contribution < -0.4 is 10.6 Å². The molecule has 10 nitrogen and oxygen atoms in total. The number of nitrogens with zero attached hydrogens (tertiary/aromatic N) is 5. The summed E-state index contributed by atoms with van der Waals surface area (Å²) in [6, 6.07) is 0.653. The van der Waals surface area contributed by atoms with Crippen molar-refractivity contribution in [2.24, 2.45) is 17.3 Å². The lowest BCUT2D eigenvalue weighted by molar-refractivity contribution is -0.126. The van der Waals surface area contributed by atoms with Gasteiger partial charge in [0.15, 0.2) is 11.3 Å². The highest BCUT2D eigenvalue weighted by atomic mass is 19.3. The van der Waals surface area contributed by atoms with Crippen LogP contribution in [-0.4, -0.2) is 49.1 Å². The summed E-state index contributed by atoms with van der Waals surface area (Å²) in [6.07, 6.45) is 1.82. The number of aryl methyl sites for hydroxylation is 1. The van der Waals surface area contributed by atoms with Gasteiger partial charge in [-0.05, 0) is 61.2 Å². The van der Waals surface area contributed by atoms with Gasteiger partial charge in [-0.15, -0.1) is 0 Å². The fourth-order valence-electron chi connectivity index (χ4n) is 5.32. The van der Waals surface area contributed by atoms with Crippen LogP contribution in [0.15, 0.2) is 23.1 Å². The molecule has 0 unspecified atom stereocenters. The van der Waals surface area contributed by atoms with E-state index in [1.165, 1.54) is 18.4 Å². The first-order valence-electron chi connectivity index (χ1n) is 13.7. The number of fused-ring (bicyclic) bond motifs is 1. The lowest BCUT2D eigenvalue weighted by Crippen LogP contribution is -2.37. The van der Waals surface area contributed by atoms with Crippen LogP contribution in [0.1, 0.15) is 98.3 Å². The molecule has 2 fully saturated rings. The molecule has 2 atom stereocenters. The zero-order chi connectivity index (χ0) is 29.5. The van der Waals surface area contributed by atoms with Crippen molar-refractivity contribution in [3.05, 3.63) is 41.1 Å². The van der Waals surface area contributed by atoms with E-state index in [0.717, 1.165) is 12.8 Å². The van der Waals surface area contributed by atoms with Gasteiger partial charge < -0.3 is 10.6 Å². The molecule has 3 aromatic heterocycles. The number of carbonyl (C=O) groups is 2. The molecular formula is C27H33F4N7O3. The second kappa shape index (κ2) is 11.0. The van der Waals surface area contributed by atoms with Crippen molar-refractivity contribution in [2.45, 2.75) is 90.1 Å². The van der Waals surface area contributed by atoms with Crippen molar-refractivity contribution in [1.82, 2.24) is 35.5 Å². The molecule has 0 aliphatic heterocycles. The van der Waals surface area contributed by atoms with Crippen molar-refractivity contribution < 1.29 is 31.8 Å². The molecule has 41 heavy (non-hydrogen) atoms. The number of nitrogens with one attached hydrogen (secondary N) is 2. The Kier molecular flexibility index (Phi) is 7.77. The monoisotopic (exact) mass is 579 g/mol. The molecule has 2 aliphatic carbocycles. The summed E-state index contributed by atoms with van der Waals surface area (Å²) in [5, 5.41) is 17.5. The Morgan fingerprint density at radius 2 is 1.78 bits per heavy atom. The molecule has 0 aromatic carbocycles. The minimum atomic E-state index is -2.75. The molecular weight excluding hydrogens is 546 g/mol. The fraction of sp³-hybridized carbons (Fsp3) is 0.630. The summed E-state index contributed by atoms with van der Waals surface area (Å²) in [5.41, 5.74) is 0.397. The number of rotatable bonds is 10. The molecule has 2 N–H and O–H groups in total. The third-order valence-corrected chi connectivity index (χ3v) is 8.04. The van der Waals surface area contributed by atoms with Crippen LogP contribution in [0.3, 0.4) is 0 Å². The zero-order valence-corrected chi connectivity index (χ0v) is 23.0. The fourth-order valence-corrected chi connectivity index (χ4v) is 5.32. The van der Waals surface area contributed by atoms with Crippen LogP contribution in [0.25, 0.3) is 5.65 Å². The van der Waals surface area contributed by atoms with E-state index in [9.17, 15) is 27.2 Å². The Hall–Kier alpha value is -3.58. The van der Waals surface area contributed by atoms with Gasteiger partial charge in [0.05, 0.1) is 30.2 Å². The van der Waals surface area contributed by atoms with Gasteiger partial charge in [0.25, 0.3) is 5.91 Å². The number of amides is 2. The average molecular weight is 580 g/mol. The van der Waals surface area contributed by atoms with Crippen molar-refractivity contribution in [1.29, 1.82) is 0 Å². The number of aromatic nitrogens is 5. The number of halogens is 4. The molecule has 3 heterocycles. The molecule has 0 radical (unpaired) electrons. The predicted octanol–water partition coefficient (Wildman–Crippen LogP) is 4.97. The van der Waals surface area contributed by atoms with Gasteiger partial charge in [-0.3, -0.25) is 9.59 Å². The highest BCUT2D eigenvalue weighted by Crippen LogP contribution is 2.43. The van der Waals surface area contributed by atoms with Crippen molar-refractivity contribution in [2.75, 3.05) is 0 Å². The first kappa shape index (κ1) is 28.9. The predicted molar refractivity (Wildman–Crippen MR) is 137 cm³/mol. The summed E-state index contributed by atoms with van der Waals surface area (Å²) >= 11 is 0. The number of hydrogen-bond donors (Lipinski definition) is 2. The van der Waals surface area contributed by atoms with Crippen LogP contribution >= 0.6 is 0 Å². The second-order valence-corrected chi connectivity index (χ2v) is 11.9. The van der Waals surface area contributed by atoms with Gasteiger partial charge in [-0.25, -0.2) is 31.7 Å². The molecule has 2 amide bonds. The van der Waals surface area contributed by atoms with E-state index in [1.54, 1.807) is 25.4 Å². The molecule has 14 heteroatoms. The Morgan fingerprint density at radius 3 is 2.39 bits per heavy atom. The van der Waals surface area contributed by atoms with Crippen LogP contribution in [0.4, 0.5) is 17.6 Å². The summed E-state index contributed by atoms with van der Waals surface area (Å²) in [7, 11) is 0. The third-order valence-electron chi connectivity index (χ3n) is 8.04. The van der Waals surface area contributed by atoms with E-state index >= 15 is 0 Å². The minimum absolute atomic E-state index is 0.00153. The first-order valence-corrected chi connectivity index (χ1v) is 13.7. The molecule has 5 rings (SSSR count). The van der Waals surface area contributed by atoms with Crippen LogP contribution in [0.2, 0.25) is 0 Å². The van der Waals surface area contributed by atoms with E-state index in [0.29, 0.717) is 22.6 Å². The van der Waals surface area contributed by atoms with Gasteiger partial charge in [0.1, 0.15) is 5.69 Å². The highest BCUT2D eigenvalue weighted by Gasteiger charge is 2.40. The van der Waals surface area contributed by atoms with Gasteiger partial charge >= 0.3 is 0 Å². The maximum Gasteiger partial charge on any atom is 0.276 e. The van der Waals surface area contributed by atoms with Crippen LogP contribution in [-0.2, 0) is 4.79 Å². The Morgan fingerprint density at radius 1 is 1.10 bits per heavy atom. The first-order chi connectivity index (χ1) is 19.3. The van der Waals surface area contributed by atoms with E-state index in [4.69, 9.17) is 4.98 Å². The van der Waals surface area contributed by atoms with E-state index in [2.05, 4.69) is 30.7 Å². The Labute approximate surface area is 233 Å². The lowest BCUT2D eigenvalue weighted by atomic mass is 9.81. The Balaban J connectivity index is 1.40. The molecule has 2 aliphatic rings. The van der Waals surface area contributed by atoms with E-state index < -0.39 is 41.7 Å². The van der Waals surface area contributed by atoms with E-state index in [1.807, 2.05) is 0 Å². The smallest absolute Gasteiger partial charge is 0.276 e. The van der Waals surface area contributed by atoms with Crippen molar-refractivity contribution in [3.63, 3.8) is 0 Å². The van der Waals surface area contributed by atoms with Gasteiger partial charge in [-0.1, -0.05) is 19.0 Å². The summed E-state index contributed by atoms with van der Waals surface area (Å²) in [6.45, 7) is 4.28. The summed E-state index contributed by atoms with van der Waals surface area (Å²) < 4.78 is 60.7. The minimum Gasteiger partial charge on any atom is -0.349 e. The Bertz CT molecular complexity index is 1410. The van der Waals surface area contributed by atoms with E-state index in [-0.39, 0.29) is 49.6 Å². The lowest BCUT2D eigenvalue weighted by Gasteiger charge is -2.33. The molecule has 2 saturated carbocycles. The molecule has 0 saturated heterocycles. The average Bonchev–Trinajstić information content (AvgIpc) is 3.51. The highest BCUT2D eigenvalue weighted by molar-refractivity contribution is 5.93. The van der Waals surface area contributed by atoms with Crippen molar-refractivity contribution >= 4 is 17.5 Å². The summed E-state index contributed by atoms with van der Waals surface area (Å²) in [5.74, 6) is -3.92. The number of carbonyl (C=O) groups excluding carboxylic acids is 2. The van der Waals surface area contributed by atoms with Crippen LogP contribution in [0.5, 0.6) is 0 Å². The van der Waals surface area contributed by atoms with Crippen molar-refractivity contribution in [3.8, 4) is 0 Å². The number of alkyl halides is 4. The molecule has 3 aromatic rings. The molecule has 0 bridgehead atoms. The maximum absolute atomic E-state index is 13.9. The number of imidazole rings is 1. The van der Waals surface area contributed by atoms with Gasteiger partial charge in [0.2, 0.25) is 18.3 Å². The molecule has 0 spiro atoms. The maximum atomic E-state index is 13.9. The zero-order valence-electron chi connectivity index (χ0n) is 23.0. The standard InChI is InChI=1S/C27H33F4N7O3/c1-14-21(37-41-36-14)24(40)35-23(16-6-8-27(30,31)9-7-16)18-13-38-19(33-18)10-17(12-32-38)22(15-4-5-15)34-20(39)11-26(2,3)25(28)29/h10,12-13,15-16,22-23,25H,4-9,11H2,1-3H3,(H,34,39)(H,35,40)/t22-,23+/m1/s1. The normalized spacial score (nSPS) is 19.3. The summed E-state index contributed by atoms with van der Waals surface area (Å²) in [4.78, 5) is 30.4. The quantitative estimate of drug-likeness (QED) is 0.325. The second-order valence-electron chi connectivity index (χ2n) is 11.9. The van der Waals surface area contributed by atoms with Gasteiger partial charge in [-0.2, -0.15) is 5.10 Å². The third kappa shape index (κ3) is 6.51. The SMILES string of the molecule is Cc1nonc1C(=O)N[C@H](c1cn2ncc([C@H](NC(=O)CC(C)(C)C(F)F)C3CC3)cc2n1)C1CCC(F)(F)CC1. The largest absolute Gasteiger partial charge is 0.349 e.